The first-order valence-corrected chi connectivity index (χ1v) is 7.80. The number of hydrogen-bond donors (Lipinski definition) is 0. The molecule has 0 radical (unpaired) electrons. The Hall–Kier alpha value is 0.400. The molecule has 6 heteroatoms. The first-order chi connectivity index (χ1) is 7.97. The van der Waals surface area contributed by atoms with E-state index in [2.05, 4.69) is 6.92 Å². The Morgan fingerprint density at radius 3 is 1.67 bits per heavy atom. The van der Waals surface area contributed by atoms with E-state index in [1.165, 1.54) is 39.0 Å². The Kier molecular flexibility index (Phi) is 22.7. The molecule has 0 aromatic heterocycles. The molecular formula is C12H24NNaO3S. The Morgan fingerprint density at radius 2 is 1.33 bits per heavy atom. The van der Waals surface area contributed by atoms with Gasteiger partial charge < -0.3 is 4.55 Å². The number of rotatable bonds is 9. The van der Waals surface area contributed by atoms with Gasteiger partial charge in [-0.2, -0.15) is 5.26 Å². The molecule has 0 aromatic carbocycles. The molecule has 0 fully saturated rings. The van der Waals surface area contributed by atoms with Gasteiger partial charge in [0.05, 0.1) is 16.2 Å². The average molecular weight is 285 g/mol. The third kappa shape index (κ3) is 29.9. The number of hydrogen-bond acceptors (Lipinski definition) is 4. The second kappa shape index (κ2) is 17.4. The minimum atomic E-state index is -3.98. The molecular weight excluding hydrogens is 261 g/mol. The number of unbranched alkanes of at least 4 members (excludes halogenated alkanes) is 7. The van der Waals surface area contributed by atoms with E-state index in [0.29, 0.717) is 6.42 Å². The van der Waals surface area contributed by atoms with Crippen LogP contribution in [0, 0.1) is 11.3 Å². The first-order valence-electron chi connectivity index (χ1n) is 6.22. The van der Waals surface area contributed by atoms with Crippen molar-refractivity contribution in [1.29, 1.82) is 5.26 Å². The Balaban J connectivity index is -0.000000507. The largest absolute Gasteiger partial charge is 1.00 e. The fraction of sp³-hybridized carbons (Fsp3) is 0.917. The van der Waals surface area contributed by atoms with Crippen LogP contribution < -0.4 is 29.6 Å². The maximum atomic E-state index is 10.2. The molecule has 0 spiro atoms. The first kappa shape index (κ1) is 23.5. The van der Waals surface area contributed by atoms with E-state index < -0.39 is 10.1 Å². The average Bonchev–Trinajstić information content (AvgIpc) is 2.22. The van der Waals surface area contributed by atoms with Gasteiger partial charge in [0, 0.05) is 12.7 Å². The van der Waals surface area contributed by atoms with Crippen molar-refractivity contribution in [2.45, 2.75) is 65.2 Å². The SMILES string of the molecule is CC#N.CCCCCCCCCCS(=O)(=O)[O-].[Na+]. The van der Waals surface area contributed by atoms with Crippen LogP contribution in [0.3, 0.4) is 0 Å². The van der Waals surface area contributed by atoms with Crippen molar-refractivity contribution in [1.82, 2.24) is 0 Å². The summed E-state index contributed by atoms with van der Waals surface area (Å²) in [5, 5.41) is 7.32. The predicted molar refractivity (Wildman–Crippen MR) is 68.5 cm³/mol. The summed E-state index contributed by atoms with van der Waals surface area (Å²) in [6, 6.07) is 1.75. The Morgan fingerprint density at radius 1 is 1.00 bits per heavy atom. The summed E-state index contributed by atoms with van der Waals surface area (Å²) in [6.45, 7) is 3.61. The van der Waals surface area contributed by atoms with Crippen LogP contribution >= 0.6 is 0 Å². The minimum absolute atomic E-state index is 0. The van der Waals surface area contributed by atoms with Crippen molar-refractivity contribution >= 4 is 10.1 Å². The zero-order valence-corrected chi connectivity index (χ0v) is 14.8. The molecule has 0 unspecified atom stereocenters. The van der Waals surface area contributed by atoms with Gasteiger partial charge in [-0.25, -0.2) is 8.42 Å². The summed E-state index contributed by atoms with van der Waals surface area (Å²) in [7, 11) is -3.98. The van der Waals surface area contributed by atoms with Gasteiger partial charge in [-0.05, 0) is 6.42 Å². The molecule has 0 bridgehead atoms. The fourth-order valence-electron chi connectivity index (χ4n) is 1.41. The zero-order valence-electron chi connectivity index (χ0n) is 11.9. The third-order valence-electron chi connectivity index (χ3n) is 2.25. The number of nitrogens with zero attached hydrogens (tertiary/aromatic N) is 1. The van der Waals surface area contributed by atoms with Crippen LogP contribution in [0.25, 0.3) is 0 Å². The van der Waals surface area contributed by atoms with Crippen LogP contribution in [-0.4, -0.2) is 18.7 Å². The summed E-state index contributed by atoms with van der Waals surface area (Å²) in [5.74, 6) is -0.193. The molecule has 0 rings (SSSR count). The van der Waals surface area contributed by atoms with E-state index in [0.717, 1.165) is 12.8 Å². The fourth-order valence-corrected chi connectivity index (χ4v) is 1.97. The Labute approximate surface area is 134 Å². The van der Waals surface area contributed by atoms with Crippen molar-refractivity contribution in [3.8, 4) is 6.07 Å². The van der Waals surface area contributed by atoms with E-state index in [4.69, 9.17) is 5.26 Å². The van der Waals surface area contributed by atoms with E-state index in [1.54, 1.807) is 6.07 Å². The summed E-state index contributed by atoms with van der Waals surface area (Å²) in [6.07, 6.45) is 8.66. The zero-order chi connectivity index (χ0) is 13.6. The van der Waals surface area contributed by atoms with Crippen LogP contribution in [0.4, 0.5) is 0 Å². The van der Waals surface area contributed by atoms with Gasteiger partial charge >= 0.3 is 29.6 Å². The Bertz CT molecular complexity index is 286. The van der Waals surface area contributed by atoms with Gasteiger partial charge in [0.25, 0.3) is 0 Å². The number of nitriles is 1. The molecule has 0 aromatic rings. The van der Waals surface area contributed by atoms with Crippen LogP contribution in [0.15, 0.2) is 0 Å². The van der Waals surface area contributed by atoms with Crippen molar-refractivity contribution < 1.29 is 42.5 Å². The van der Waals surface area contributed by atoms with Gasteiger partial charge in [0.2, 0.25) is 0 Å². The maximum Gasteiger partial charge on any atom is 1.00 e. The van der Waals surface area contributed by atoms with E-state index in [9.17, 15) is 13.0 Å². The van der Waals surface area contributed by atoms with Crippen LogP contribution in [-0.2, 0) is 10.1 Å². The van der Waals surface area contributed by atoms with Gasteiger partial charge in [-0.15, -0.1) is 0 Å². The molecule has 0 amide bonds. The quantitative estimate of drug-likeness (QED) is 0.344. The topological polar surface area (TPSA) is 81.0 Å². The van der Waals surface area contributed by atoms with Gasteiger partial charge in [0.15, 0.2) is 0 Å². The molecule has 0 N–H and O–H groups in total. The van der Waals surface area contributed by atoms with E-state index in [1.807, 2.05) is 0 Å². The monoisotopic (exact) mass is 285 g/mol. The molecule has 0 aliphatic rings. The van der Waals surface area contributed by atoms with Crippen LogP contribution in [0.5, 0.6) is 0 Å². The van der Waals surface area contributed by atoms with E-state index in [-0.39, 0.29) is 35.3 Å². The minimum Gasteiger partial charge on any atom is -0.748 e. The smallest absolute Gasteiger partial charge is 0.748 e. The molecule has 0 saturated carbocycles. The molecule has 0 saturated heterocycles. The molecule has 0 aliphatic heterocycles. The normalized spacial score (nSPS) is 9.67. The molecule has 0 heterocycles. The molecule has 4 nitrogen and oxygen atoms in total. The maximum absolute atomic E-state index is 10.2. The third-order valence-corrected chi connectivity index (χ3v) is 3.04. The second-order valence-corrected chi connectivity index (χ2v) is 5.48. The summed E-state index contributed by atoms with van der Waals surface area (Å²) >= 11 is 0. The van der Waals surface area contributed by atoms with Gasteiger partial charge in [-0.1, -0.05) is 51.9 Å². The second-order valence-electron chi connectivity index (χ2n) is 3.96. The van der Waals surface area contributed by atoms with Gasteiger partial charge in [-0.3, -0.25) is 0 Å². The van der Waals surface area contributed by atoms with Crippen molar-refractivity contribution in [2.24, 2.45) is 0 Å². The molecule has 102 valence electrons. The molecule has 0 atom stereocenters. The van der Waals surface area contributed by atoms with Crippen LogP contribution in [0.2, 0.25) is 0 Å². The van der Waals surface area contributed by atoms with Crippen molar-refractivity contribution in [2.75, 3.05) is 5.75 Å². The van der Waals surface area contributed by atoms with Crippen LogP contribution in [0.1, 0.15) is 65.2 Å². The summed E-state index contributed by atoms with van der Waals surface area (Å²) in [5.41, 5.74) is 0. The standard InChI is InChI=1S/C10H22O3S.C2H3N.Na/c1-2-3-4-5-6-7-8-9-10-14(11,12)13;1-2-3;/h2-10H2,1H3,(H,11,12,13);1H3;/q;;+1/p-1. The van der Waals surface area contributed by atoms with Gasteiger partial charge in [0.1, 0.15) is 0 Å². The summed E-state index contributed by atoms with van der Waals surface area (Å²) in [4.78, 5) is 0. The van der Waals surface area contributed by atoms with E-state index >= 15 is 0 Å². The predicted octanol–water partition coefficient (Wildman–Crippen LogP) is 0.206. The molecule has 18 heavy (non-hydrogen) atoms. The molecule has 0 aliphatic carbocycles. The van der Waals surface area contributed by atoms with Crippen molar-refractivity contribution in [3.63, 3.8) is 0 Å². The van der Waals surface area contributed by atoms with Crippen molar-refractivity contribution in [3.05, 3.63) is 0 Å². The summed E-state index contributed by atoms with van der Waals surface area (Å²) < 4.78 is 30.7.